The van der Waals surface area contributed by atoms with E-state index in [1.165, 1.54) is 0 Å². The summed E-state index contributed by atoms with van der Waals surface area (Å²) in [5, 5.41) is 12.2. The molecule has 0 spiro atoms. The van der Waals surface area contributed by atoms with Gasteiger partial charge < -0.3 is 14.8 Å². The largest absolute Gasteiger partial charge is 0.481 e. The topological polar surface area (TPSA) is 71.3 Å². The highest BCUT2D eigenvalue weighted by Gasteiger charge is 2.15. The Morgan fingerprint density at radius 2 is 1.59 bits per heavy atom. The average Bonchev–Trinajstić information content (AvgIpc) is 2.72. The van der Waals surface area contributed by atoms with Crippen molar-refractivity contribution in [3.63, 3.8) is 0 Å². The molecule has 0 aromatic heterocycles. The second-order valence-electron chi connectivity index (χ2n) is 6.42. The first-order chi connectivity index (χ1) is 13.9. The molecule has 0 aliphatic heterocycles. The summed E-state index contributed by atoms with van der Waals surface area (Å²) < 4.78 is 11.4. The summed E-state index contributed by atoms with van der Waals surface area (Å²) in [6.07, 6.45) is -0.694. The van der Waals surface area contributed by atoms with Gasteiger partial charge in [-0.2, -0.15) is 5.26 Å². The first-order valence-corrected chi connectivity index (χ1v) is 9.34. The minimum absolute atomic E-state index is 0.275. The number of nitrogens with one attached hydrogen (secondary N) is 1. The quantitative estimate of drug-likeness (QED) is 0.568. The number of nitrogens with zero attached hydrogens (tertiary/aromatic N) is 1. The maximum absolute atomic E-state index is 12.3. The number of benzene rings is 3. The summed E-state index contributed by atoms with van der Waals surface area (Å²) in [5.41, 5.74) is 2.13. The third kappa shape index (κ3) is 5.50. The summed E-state index contributed by atoms with van der Waals surface area (Å²) in [7, 11) is 0. The van der Waals surface area contributed by atoms with E-state index in [4.69, 9.17) is 26.3 Å². The summed E-state index contributed by atoms with van der Waals surface area (Å²) in [4.78, 5) is 12.3. The Labute approximate surface area is 174 Å². The SMILES string of the molecule is Cc1ccc(NC(=O)C(C)Oc2ccc(Oc3ccc(C#N)cc3)cc2)cc1Cl. The summed E-state index contributed by atoms with van der Waals surface area (Å²) >= 11 is 6.09. The van der Waals surface area contributed by atoms with Crippen molar-refractivity contribution in [2.75, 3.05) is 5.32 Å². The van der Waals surface area contributed by atoms with Gasteiger partial charge in [0.15, 0.2) is 6.10 Å². The van der Waals surface area contributed by atoms with Gasteiger partial charge in [-0.05, 0) is 80.1 Å². The molecule has 0 fully saturated rings. The number of carbonyl (C=O) groups excluding carboxylic acids is 1. The molecule has 5 nitrogen and oxygen atoms in total. The fraction of sp³-hybridized carbons (Fsp3) is 0.130. The van der Waals surface area contributed by atoms with Crippen molar-refractivity contribution in [2.24, 2.45) is 0 Å². The molecule has 0 saturated carbocycles. The molecule has 29 heavy (non-hydrogen) atoms. The Morgan fingerprint density at radius 3 is 2.17 bits per heavy atom. The van der Waals surface area contributed by atoms with Crippen LogP contribution in [0.3, 0.4) is 0 Å². The zero-order valence-electron chi connectivity index (χ0n) is 16.0. The second kappa shape index (κ2) is 9.13. The number of hydrogen-bond donors (Lipinski definition) is 1. The van der Waals surface area contributed by atoms with Crippen molar-refractivity contribution in [1.82, 2.24) is 0 Å². The molecule has 1 unspecified atom stereocenters. The van der Waals surface area contributed by atoms with Crippen molar-refractivity contribution in [1.29, 1.82) is 5.26 Å². The lowest BCUT2D eigenvalue weighted by Gasteiger charge is -2.15. The summed E-state index contributed by atoms with van der Waals surface area (Å²) in [5.74, 6) is 1.51. The van der Waals surface area contributed by atoms with Crippen LogP contribution < -0.4 is 14.8 Å². The molecule has 0 heterocycles. The molecule has 1 N–H and O–H groups in total. The van der Waals surface area contributed by atoms with Crippen LogP contribution in [0.5, 0.6) is 17.2 Å². The van der Waals surface area contributed by atoms with E-state index in [1.54, 1.807) is 67.6 Å². The van der Waals surface area contributed by atoms with Crippen molar-refractivity contribution in [2.45, 2.75) is 20.0 Å². The molecule has 0 aliphatic rings. The van der Waals surface area contributed by atoms with Crippen molar-refractivity contribution in [3.05, 3.63) is 82.9 Å². The minimum atomic E-state index is -0.694. The van der Waals surface area contributed by atoms with Gasteiger partial charge in [0.05, 0.1) is 11.6 Å². The third-order valence-corrected chi connectivity index (χ3v) is 4.57. The number of nitriles is 1. The number of ether oxygens (including phenoxy) is 2. The predicted molar refractivity (Wildman–Crippen MR) is 113 cm³/mol. The van der Waals surface area contributed by atoms with Gasteiger partial charge in [-0.3, -0.25) is 4.79 Å². The minimum Gasteiger partial charge on any atom is -0.481 e. The number of rotatable bonds is 6. The lowest BCUT2D eigenvalue weighted by atomic mass is 10.2. The van der Waals surface area contributed by atoms with E-state index in [0.29, 0.717) is 33.5 Å². The molecule has 0 saturated heterocycles. The highest BCUT2D eigenvalue weighted by molar-refractivity contribution is 6.31. The predicted octanol–water partition coefficient (Wildman–Crippen LogP) is 5.72. The average molecular weight is 407 g/mol. The molecule has 3 aromatic rings. The van der Waals surface area contributed by atoms with E-state index >= 15 is 0 Å². The Morgan fingerprint density at radius 1 is 1.00 bits per heavy atom. The summed E-state index contributed by atoms with van der Waals surface area (Å²) in [6.45, 7) is 3.57. The van der Waals surface area contributed by atoms with E-state index < -0.39 is 6.10 Å². The Balaban J connectivity index is 1.57. The molecule has 3 aromatic carbocycles. The van der Waals surface area contributed by atoms with Gasteiger partial charge in [0.1, 0.15) is 17.2 Å². The zero-order chi connectivity index (χ0) is 20.8. The number of aryl methyl sites for hydroxylation is 1. The van der Waals surface area contributed by atoms with Gasteiger partial charge in [-0.15, -0.1) is 0 Å². The normalized spacial score (nSPS) is 11.2. The van der Waals surface area contributed by atoms with Gasteiger partial charge in [-0.25, -0.2) is 0 Å². The highest BCUT2D eigenvalue weighted by Crippen LogP contribution is 2.25. The zero-order valence-corrected chi connectivity index (χ0v) is 16.7. The Kier molecular flexibility index (Phi) is 6.38. The molecular formula is C23H19ClN2O3. The lowest BCUT2D eigenvalue weighted by molar-refractivity contribution is -0.122. The van der Waals surface area contributed by atoms with Crippen molar-refractivity contribution >= 4 is 23.2 Å². The van der Waals surface area contributed by atoms with Crippen molar-refractivity contribution < 1.29 is 14.3 Å². The first-order valence-electron chi connectivity index (χ1n) is 8.96. The van der Waals surface area contributed by atoms with Crippen LogP contribution in [0.2, 0.25) is 5.02 Å². The number of hydrogen-bond acceptors (Lipinski definition) is 4. The standard InChI is InChI=1S/C23H19ClN2O3/c1-15-3-6-18(13-22(15)24)26-23(27)16(2)28-19-9-11-21(12-10-19)29-20-7-4-17(14-25)5-8-20/h3-13,16H,1-2H3,(H,26,27). The van der Waals surface area contributed by atoms with Crippen LogP contribution in [0.4, 0.5) is 5.69 Å². The summed E-state index contributed by atoms with van der Waals surface area (Å²) in [6, 6.07) is 21.2. The number of amides is 1. The maximum Gasteiger partial charge on any atom is 0.265 e. The van der Waals surface area contributed by atoms with Crippen LogP contribution in [-0.4, -0.2) is 12.0 Å². The van der Waals surface area contributed by atoms with E-state index in [9.17, 15) is 4.79 Å². The Hall–Kier alpha value is -3.49. The van der Waals surface area contributed by atoms with Gasteiger partial charge >= 0.3 is 0 Å². The maximum atomic E-state index is 12.3. The molecule has 0 aliphatic carbocycles. The van der Waals surface area contributed by atoms with Gasteiger partial charge in [-0.1, -0.05) is 17.7 Å². The second-order valence-corrected chi connectivity index (χ2v) is 6.83. The van der Waals surface area contributed by atoms with Gasteiger partial charge in [0, 0.05) is 10.7 Å². The number of anilines is 1. The first kappa shape index (κ1) is 20.2. The third-order valence-electron chi connectivity index (χ3n) is 4.16. The van der Waals surface area contributed by atoms with E-state index in [0.717, 1.165) is 5.56 Å². The van der Waals surface area contributed by atoms with Crippen LogP contribution in [0.15, 0.2) is 66.7 Å². The van der Waals surface area contributed by atoms with E-state index in [2.05, 4.69) is 11.4 Å². The van der Waals surface area contributed by atoms with Crippen molar-refractivity contribution in [3.8, 4) is 23.3 Å². The van der Waals surface area contributed by atoms with Crippen LogP contribution in [0.1, 0.15) is 18.1 Å². The molecular weight excluding hydrogens is 388 g/mol. The fourth-order valence-corrected chi connectivity index (χ4v) is 2.67. The molecule has 6 heteroatoms. The number of halogens is 1. The van der Waals surface area contributed by atoms with Gasteiger partial charge in [0.2, 0.25) is 0 Å². The molecule has 0 radical (unpaired) electrons. The number of carbonyl (C=O) groups is 1. The van der Waals surface area contributed by atoms with Gasteiger partial charge in [0.25, 0.3) is 5.91 Å². The molecule has 1 atom stereocenters. The monoisotopic (exact) mass is 406 g/mol. The van der Waals surface area contributed by atoms with Crippen LogP contribution in [0.25, 0.3) is 0 Å². The molecule has 0 bridgehead atoms. The van der Waals surface area contributed by atoms with Crippen LogP contribution >= 0.6 is 11.6 Å². The molecule has 146 valence electrons. The van der Waals surface area contributed by atoms with Crippen LogP contribution in [0, 0.1) is 18.3 Å². The Bertz CT molecular complexity index is 1040. The highest BCUT2D eigenvalue weighted by atomic mass is 35.5. The molecule has 1 amide bonds. The smallest absolute Gasteiger partial charge is 0.265 e. The lowest BCUT2D eigenvalue weighted by Crippen LogP contribution is -2.30. The van der Waals surface area contributed by atoms with E-state index in [-0.39, 0.29) is 5.91 Å². The van der Waals surface area contributed by atoms with Crippen LogP contribution in [-0.2, 0) is 4.79 Å². The fourth-order valence-electron chi connectivity index (χ4n) is 2.49. The van der Waals surface area contributed by atoms with E-state index in [1.807, 2.05) is 13.0 Å². The molecule has 3 rings (SSSR count).